The maximum atomic E-state index is 2.59. The van der Waals surface area contributed by atoms with Gasteiger partial charge in [-0.15, -0.1) is 0 Å². The van der Waals surface area contributed by atoms with E-state index in [2.05, 4.69) is 25.9 Å². The number of rotatable bonds is 6. The average Bonchev–Trinajstić information content (AvgIpc) is 2.32. The summed E-state index contributed by atoms with van der Waals surface area (Å²) in [7, 11) is 4.68. The number of hydrogen-bond donors (Lipinski definition) is 0. The van der Waals surface area contributed by atoms with Crippen molar-refractivity contribution >= 4 is 0 Å². The van der Waals surface area contributed by atoms with Crippen LogP contribution in [0.2, 0.25) is 0 Å². The lowest BCUT2D eigenvalue weighted by atomic mass is 9.47. The summed E-state index contributed by atoms with van der Waals surface area (Å²) in [4.78, 5) is 2.59. The highest BCUT2D eigenvalue weighted by Gasteiger charge is 2.54. The Morgan fingerprint density at radius 2 is 1.47 bits per heavy atom. The van der Waals surface area contributed by atoms with E-state index in [1.807, 2.05) is 0 Å². The van der Waals surface area contributed by atoms with Crippen LogP contribution >= 0.6 is 0 Å². The van der Waals surface area contributed by atoms with Crippen LogP contribution in [0.5, 0.6) is 0 Å². The summed E-state index contributed by atoms with van der Waals surface area (Å²) in [6.07, 6.45) is 15.1. The maximum Gasteiger partial charge on any atom is 0.0146 e. The Balaban J connectivity index is 1.73. The van der Waals surface area contributed by atoms with E-state index in [-0.39, 0.29) is 0 Å². The molecule has 0 radical (unpaired) electrons. The highest BCUT2D eigenvalue weighted by Crippen LogP contribution is 2.62. The summed E-state index contributed by atoms with van der Waals surface area (Å²) < 4.78 is 0. The minimum absolute atomic E-state index is 0.714. The van der Waals surface area contributed by atoms with E-state index in [0.29, 0.717) is 5.41 Å². The summed E-state index contributed by atoms with van der Waals surface area (Å²) in [5, 5.41) is 0. The van der Waals surface area contributed by atoms with E-state index >= 15 is 0 Å². The standard InChI is InChI=1S/C18H33N/c1-4-5-6-7-17(19(2)3)18-11-14-8-15(12-18)10-16(9-14)13-18/h14-17H,4-13H2,1-3H3. The van der Waals surface area contributed by atoms with Gasteiger partial charge in [0.1, 0.15) is 0 Å². The Morgan fingerprint density at radius 3 is 1.89 bits per heavy atom. The molecular weight excluding hydrogens is 230 g/mol. The van der Waals surface area contributed by atoms with Crippen molar-refractivity contribution in [3.63, 3.8) is 0 Å². The lowest BCUT2D eigenvalue weighted by Gasteiger charge is -2.60. The second-order valence-electron chi connectivity index (χ2n) is 8.26. The molecule has 0 aromatic heterocycles. The normalized spacial score (nSPS) is 42.0. The smallest absolute Gasteiger partial charge is 0.0146 e. The first-order valence-electron chi connectivity index (χ1n) is 8.79. The van der Waals surface area contributed by atoms with Crippen LogP contribution in [0.4, 0.5) is 0 Å². The monoisotopic (exact) mass is 263 g/mol. The van der Waals surface area contributed by atoms with Crippen LogP contribution in [0.1, 0.15) is 71.1 Å². The molecule has 0 aromatic carbocycles. The van der Waals surface area contributed by atoms with Crippen LogP contribution in [0.25, 0.3) is 0 Å². The molecule has 4 aliphatic carbocycles. The van der Waals surface area contributed by atoms with Crippen molar-refractivity contribution in [3.05, 3.63) is 0 Å². The van der Waals surface area contributed by atoms with E-state index in [1.165, 1.54) is 25.7 Å². The molecule has 0 amide bonds. The van der Waals surface area contributed by atoms with Crippen LogP contribution in [-0.2, 0) is 0 Å². The Morgan fingerprint density at radius 1 is 0.947 bits per heavy atom. The highest BCUT2D eigenvalue weighted by molar-refractivity contribution is 5.06. The molecule has 1 atom stereocenters. The topological polar surface area (TPSA) is 3.24 Å². The first kappa shape index (κ1) is 13.9. The molecule has 0 saturated heterocycles. The van der Waals surface area contributed by atoms with Gasteiger partial charge in [0.25, 0.3) is 0 Å². The minimum atomic E-state index is 0.714. The van der Waals surface area contributed by atoms with E-state index in [4.69, 9.17) is 0 Å². The third kappa shape index (κ3) is 2.60. The van der Waals surface area contributed by atoms with Crippen molar-refractivity contribution in [1.82, 2.24) is 4.90 Å². The SMILES string of the molecule is CCCCCC(N(C)C)C12CC3CC(CC(C3)C1)C2. The second kappa shape index (κ2) is 5.39. The third-order valence-electron chi connectivity index (χ3n) is 6.50. The predicted molar refractivity (Wildman–Crippen MR) is 82.2 cm³/mol. The zero-order chi connectivity index (χ0) is 13.5. The first-order chi connectivity index (χ1) is 9.13. The molecule has 0 aromatic rings. The highest BCUT2D eigenvalue weighted by atomic mass is 15.1. The zero-order valence-corrected chi connectivity index (χ0v) is 13.3. The summed E-state index contributed by atoms with van der Waals surface area (Å²) in [5.41, 5.74) is 0.714. The predicted octanol–water partition coefficient (Wildman–Crippen LogP) is 4.71. The van der Waals surface area contributed by atoms with Gasteiger partial charge in [0.05, 0.1) is 0 Å². The van der Waals surface area contributed by atoms with Crippen molar-refractivity contribution in [1.29, 1.82) is 0 Å². The van der Waals surface area contributed by atoms with Crippen LogP contribution in [0, 0.1) is 23.2 Å². The molecule has 0 N–H and O–H groups in total. The molecule has 1 unspecified atom stereocenters. The molecule has 0 heterocycles. The molecule has 4 bridgehead atoms. The molecule has 4 fully saturated rings. The molecule has 0 spiro atoms. The number of unbranched alkanes of at least 4 members (excludes halogenated alkanes) is 2. The van der Waals surface area contributed by atoms with Gasteiger partial charge in [0, 0.05) is 6.04 Å². The lowest BCUT2D eigenvalue weighted by molar-refractivity contribution is -0.0955. The summed E-state index contributed by atoms with van der Waals surface area (Å²) in [5.74, 6) is 3.29. The van der Waals surface area contributed by atoms with Gasteiger partial charge in [-0.3, -0.25) is 0 Å². The van der Waals surface area contributed by atoms with Gasteiger partial charge < -0.3 is 4.90 Å². The summed E-state index contributed by atoms with van der Waals surface area (Å²) in [6.45, 7) is 2.33. The molecule has 0 aliphatic heterocycles. The van der Waals surface area contributed by atoms with Gasteiger partial charge in [-0.2, -0.15) is 0 Å². The fourth-order valence-electron chi connectivity index (χ4n) is 6.29. The third-order valence-corrected chi connectivity index (χ3v) is 6.50. The summed E-state index contributed by atoms with van der Waals surface area (Å²) in [6, 6.07) is 0.868. The van der Waals surface area contributed by atoms with Crippen LogP contribution in [0.15, 0.2) is 0 Å². The van der Waals surface area contributed by atoms with Gasteiger partial charge in [0.15, 0.2) is 0 Å². The van der Waals surface area contributed by atoms with E-state index in [1.54, 1.807) is 38.5 Å². The van der Waals surface area contributed by atoms with E-state index < -0.39 is 0 Å². The molecule has 19 heavy (non-hydrogen) atoms. The van der Waals surface area contributed by atoms with Gasteiger partial charge in [0.2, 0.25) is 0 Å². The van der Waals surface area contributed by atoms with Crippen molar-refractivity contribution < 1.29 is 0 Å². The average molecular weight is 263 g/mol. The molecule has 4 saturated carbocycles. The molecule has 4 rings (SSSR count). The van der Waals surface area contributed by atoms with Gasteiger partial charge in [-0.05, 0) is 82.2 Å². The lowest BCUT2D eigenvalue weighted by Crippen LogP contribution is -2.55. The van der Waals surface area contributed by atoms with Crippen LogP contribution in [0.3, 0.4) is 0 Å². The Bertz CT molecular complexity index is 272. The molecule has 1 heteroatoms. The van der Waals surface area contributed by atoms with E-state index in [0.717, 1.165) is 23.8 Å². The van der Waals surface area contributed by atoms with Crippen LogP contribution in [-0.4, -0.2) is 25.0 Å². The van der Waals surface area contributed by atoms with Gasteiger partial charge in [-0.25, -0.2) is 0 Å². The van der Waals surface area contributed by atoms with Gasteiger partial charge in [-0.1, -0.05) is 26.2 Å². The molecule has 4 aliphatic rings. The van der Waals surface area contributed by atoms with E-state index in [9.17, 15) is 0 Å². The fraction of sp³-hybridized carbons (Fsp3) is 1.00. The van der Waals surface area contributed by atoms with Crippen molar-refractivity contribution in [2.45, 2.75) is 77.2 Å². The van der Waals surface area contributed by atoms with Crippen molar-refractivity contribution in [3.8, 4) is 0 Å². The Labute approximate surface area is 120 Å². The fourth-order valence-corrected chi connectivity index (χ4v) is 6.29. The minimum Gasteiger partial charge on any atom is -0.306 e. The Hall–Kier alpha value is -0.0400. The summed E-state index contributed by atoms with van der Waals surface area (Å²) >= 11 is 0. The molecule has 1 nitrogen and oxygen atoms in total. The number of hydrogen-bond acceptors (Lipinski definition) is 1. The van der Waals surface area contributed by atoms with Crippen molar-refractivity contribution in [2.24, 2.45) is 23.2 Å². The van der Waals surface area contributed by atoms with Gasteiger partial charge >= 0.3 is 0 Å². The maximum absolute atomic E-state index is 2.59. The largest absolute Gasteiger partial charge is 0.306 e. The molecular formula is C18H33N. The quantitative estimate of drug-likeness (QED) is 0.627. The van der Waals surface area contributed by atoms with Crippen molar-refractivity contribution in [2.75, 3.05) is 14.1 Å². The first-order valence-corrected chi connectivity index (χ1v) is 8.79. The number of nitrogens with zero attached hydrogens (tertiary/aromatic N) is 1. The van der Waals surface area contributed by atoms with Crippen LogP contribution < -0.4 is 0 Å². The second-order valence-corrected chi connectivity index (χ2v) is 8.26. The zero-order valence-electron chi connectivity index (χ0n) is 13.3. The Kier molecular flexibility index (Phi) is 3.95. The molecule has 110 valence electrons.